The van der Waals surface area contributed by atoms with Crippen molar-refractivity contribution >= 4 is 17.5 Å². The van der Waals surface area contributed by atoms with Gasteiger partial charge >= 0.3 is 0 Å². The summed E-state index contributed by atoms with van der Waals surface area (Å²) in [5.41, 5.74) is 2.43. The van der Waals surface area contributed by atoms with E-state index in [0.29, 0.717) is 42.1 Å². The van der Waals surface area contributed by atoms with E-state index in [0.717, 1.165) is 36.8 Å². The lowest BCUT2D eigenvalue weighted by molar-refractivity contribution is -0.130. The normalized spacial score (nSPS) is 42.0. The Bertz CT molecular complexity index is 776. The fourth-order valence-electron chi connectivity index (χ4n) is 6.69. The van der Waals surface area contributed by atoms with Crippen molar-refractivity contribution in [3.63, 3.8) is 0 Å². The van der Waals surface area contributed by atoms with Crippen LogP contribution in [0.2, 0.25) is 0 Å². The molecule has 0 spiro atoms. The average Bonchev–Trinajstić information content (AvgIpc) is 2.86. The van der Waals surface area contributed by atoms with Crippen LogP contribution in [0.4, 0.5) is 0 Å². The molecule has 4 heteroatoms. The van der Waals surface area contributed by atoms with E-state index in [2.05, 4.69) is 32.2 Å². The molecule has 4 aliphatic rings. The summed E-state index contributed by atoms with van der Waals surface area (Å²) in [7, 11) is 0. The molecule has 2 fully saturated rings. The van der Waals surface area contributed by atoms with Crippen molar-refractivity contribution in [3.8, 4) is 0 Å². The SMILES string of the molecule is CC(=O)NC1=C2C(C)=C[C@@H]3[C@H](CC[C@]4(C)C(=O)CC[C@@H]34)[C@@]2(C)CCC1=O. The summed E-state index contributed by atoms with van der Waals surface area (Å²) >= 11 is 0. The minimum absolute atomic E-state index is 0.0515. The van der Waals surface area contributed by atoms with Crippen LogP contribution in [0, 0.1) is 28.6 Å². The molecule has 2 saturated carbocycles. The van der Waals surface area contributed by atoms with Crippen LogP contribution < -0.4 is 5.32 Å². The molecule has 0 aromatic rings. The van der Waals surface area contributed by atoms with Crippen molar-refractivity contribution in [1.29, 1.82) is 0 Å². The highest BCUT2D eigenvalue weighted by molar-refractivity contribution is 6.01. The lowest BCUT2D eigenvalue weighted by atomic mass is 9.48. The van der Waals surface area contributed by atoms with Crippen LogP contribution in [0.15, 0.2) is 22.9 Å². The average molecular weight is 355 g/mol. The quantitative estimate of drug-likeness (QED) is 0.780. The molecule has 4 aliphatic carbocycles. The topological polar surface area (TPSA) is 63.2 Å². The molecule has 1 N–H and O–H groups in total. The second-order valence-corrected chi connectivity index (χ2v) is 9.33. The first-order valence-electron chi connectivity index (χ1n) is 9.96. The predicted octanol–water partition coefficient (Wildman–Crippen LogP) is 3.72. The van der Waals surface area contributed by atoms with E-state index < -0.39 is 0 Å². The molecule has 0 radical (unpaired) electrons. The zero-order valence-corrected chi connectivity index (χ0v) is 16.3. The Balaban J connectivity index is 1.85. The van der Waals surface area contributed by atoms with Crippen LogP contribution in [-0.4, -0.2) is 17.5 Å². The fourth-order valence-corrected chi connectivity index (χ4v) is 6.69. The number of Topliss-reactive ketones (excluding diaryl/α,β-unsaturated/α-hetero) is 2. The number of fused-ring (bicyclic) bond motifs is 5. The van der Waals surface area contributed by atoms with Crippen LogP contribution in [-0.2, 0) is 14.4 Å². The Morgan fingerprint density at radius 2 is 1.77 bits per heavy atom. The third-order valence-corrected chi connectivity index (χ3v) is 7.97. The minimum Gasteiger partial charge on any atom is -0.323 e. The number of hydrogen-bond acceptors (Lipinski definition) is 3. The largest absolute Gasteiger partial charge is 0.323 e. The summed E-state index contributed by atoms with van der Waals surface area (Å²) in [5.74, 6) is 1.58. The van der Waals surface area contributed by atoms with Gasteiger partial charge in [-0.1, -0.05) is 19.9 Å². The van der Waals surface area contributed by atoms with Crippen LogP contribution in [0.5, 0.6) is 0 Å². The van der Waals surface area contributed by atoms with Crippen LogP contribution in [0.1, 0.15) is 66.2 Å². The maximum absolute atomic E-state index is 12.6. The van der Waals surface area contributed by atoms with E-state index in [-0.39, 0.29) is 22.5 Å². The molecule has 0 heterocycles. The zero-order valence-electron chi connectivity index (χ0n) is 16.3. The summed E-state index contributed by atoms with van der Waals surface area (Å²) in [5, 5.41) is 2.84. The number of ketones is 2. The Labute approximate surface area is 155 Å². The van der Waals surface area contributed by atoms with Gasteiger partial charge in [0, 0.05) is 25.2 Å². The molecular weight excluding hydrogens is 326 g/mol. The molecular formula is C22H29NO3. The number of amides is 1. The molecule has 4 nitrogen and oxygen atoms in total. The van der Waals surface area contributed by atoms with Crippen molar-refractivity contribution in [2.75, 3.05) is 0 Å². The van der Waals surface area contributed by atoms with Gasteiger partial charge in [0.2, 0.25) is 5.91 Å². The van der Waals surface area contributed by atoms with Gasteiger partial charge in [0.1, 0.15) is 5.78 Å². The van der Waals surface area contributed by atoms with Crippen LogP contribution >= 0.6 is 0 Å². The predicted molar refractivity (Wildman–Crippen MR) is 99.0 cm³/mol. The number of allylic oxidation sites excluding steroid dienone is 4. The molecule has 0 saturated heterocycles. The lowest BCUT2D eigenvalue weighted by Gasteiger charge is -2.56. The van der Waals surface area contributed by atoms with Crippen molar-refractivity contribution in [2.24, 2.45) is 28.6 Å². The zero-order chi connectivity index (χ0) is 18.9. The molecule has 26 heavy (non-hydrogen) atoms. The van der Waals surface area contributed by atoms with E-state index >= 15 is 0 Å². The minimum atomic E-state index is -0.183. The summed E-state index contributed by atoms with van der Waals surface area (Å²) in [4.78, 5) is 36.8. The van der Waals surface area contributed by atoms with Gasteiger partial charge in [-0.3, -0.25) is 14.4 Å². The number of carbonyl (C=O) groups is 3. The Morgan fingerprint density at radius 1 is 1.08 bits per heavy atom. The van der Waals surface area contributed by atoms with Crippen molar-refractivity contribution in [3.05, 3.63) is 22.9 Å². The molecule has 0 bridgehead atoms. The first kappa shape index (κ1) is 17.7. The maximum Gasteiger partial charge on any atom is 0.221 e. The van der Waals surface area contributed by atoms with Gasteiger partial charge in [0.25, 0.3) is 0 Å². The summed E-state index contributed by atoms with van der Waals surface area (Å²) in [6.45, 7) is 8.00. The van der Waals surface area contributed by atoms with Crippen molar-refractivity contribution in [1.82, 2.24) is 5.32 Å². The van der Waals surface area contributed by atoms with Gasteiger partial charge in [0.15, 0.2) is 5.78 Å². The first-order valence-corrected chi connectivity index (χ1v) is 9.96. The Hall–Kier alpha value is -1.71. The highest BCUT2D eigenvalue weighted by Crippen LogP contribution is 2.64. The summed E-state index contributed by atoms with van der Waals surface area (Å²) in [6, 6.07) is 0. The van der Waals surface area contributed by atoms with Gasteiger partial charge in [0.05, 0.1) is 5.70 Å². The van der Waals surface area contributed by atoms with Crippen molar-refractivity contribution in [2.45, 2.75) is 66.2 Å². The van der Waals surface area contributed by atoms with Crippen molar-refractivity contribution < 1.29 is 14.4 Å². The first-order chi connectivity index (χ1) is 12.2. The highest BCUT2D eigenvalue weighted by atomic mass is 16.2. The molecule has 4 rings (SSSR count). The third-order valence-electron chi connectivity index (χ3n) is 7.97. The second-order valence-electron chi connectivity index (χ2n) is 9.33. The lowest BCUT2D eigenvalue weighted by Crippen LogP contribution is -2.51. The van der Waals surface area contributed by atoms with E-state index in [1.807, 2.05) is 0 Å². The van der Waals surface area contributed by atoms with E-state index in [1.165, 1.54) is 6.92 Å². The smallest absolute Gasteiger partial charge is 0.221 e. The molecule has 140 valence electrons. The monoisotopic (exact) mass is 355 g/mol. The standard InChI is InChI=1S/C22H29NO3/c1-12-11-14-15-5-6-18(26)21(15,3)9-7-16(14)22(4)10-8-17(25)20(19(12)22)23-13(2)24/h11,14-16H,5-10H2,1-4H3,(H,23,24)/t14-,15-,16-,21-,22+/m0/s1. The second kappa shape index (κ2) is 5.64. The van der Waals surface area contributed by atoms with Gasteiger partial charge in [-0.15, -0.1) is 0 Å². The number of nitrogens with one attached hydrogen (secondary N) is 1. The van der Waals surface area contributed by atoms with E-state index in [9.17, 15) is 14.4 Å². The van der Waals surface area contributed by atoms with E-state index in [4.69, 9.17) is 0 Å². The fraction of sp³-hybridized carbons (Fsp3) is 0.682. The molecule has 5 atom stereocenters. The third kappa shape index (κ3) is 2.23. The molecule has 0 aliphatic heterocycles. The maximum atomic E-state index is 12.6. The number of carbonyl (C=O) groups excluding carboxylic acids is 3. The highest BCUT2D eigenvalue weighted by Gasteiger charge is 2.59. The summed E-state index contributed by atoms with van der Waals surface area (Å²) < 4.78 is 0. The van der Waals surface area contributed by atoms with E-state index in [1.54, 1.807) is 0 Å². The van der Waals surface area contributed by atoms with Crippen LogP contribution in [0.3, 0.4) is 0 Å². The Kier molecular flexibility index (Phi) is 3.84. The van der Waals surface area contributed by atoms with Crippen LogP contribution in [0.25, 0.3) is 0 Å². The van der Waals surface area contributed by atoms with Gasteiger partial charge in [-0.2, -0.15) is 0 Å². The number of rotatable bonds is 1. The molecule has 0 aromatic carbocycles. The molecule has 0 aromatic heterocycles. The molecule has 1 amide bonds. The Morgan fingerprint density at radius 3 is 2.46 bits per heavy atom. The van der Waals surface area contributed by atoms with Gasteiger partial charge < -0.3 is 5.32 Å². The number of hydrogen-bond donors (Lipinski definition) is 1. The van der Waals surface area contributed by atoms with Gasteiger partial charge in [-0.05, 0) is 66.9 Å². The van der Waals surface area contributed by atoms with Gasteiger partial charge in [-0.25, -0.2) is 0 Å². The molecule has 0 unspecified atom stereocenters. The summed E-state index contributed by atoms with van der Waals surface area (Å²) in [6.07, 6.45) is 7.34.